The third kappa shape index (κ3) is 16.1. The van der Waals surface area contributed by atoms with Crippen LogP contribution in [0.4, 0.5) is 0 Å². The Bertz CT molecular complexity index is 661. The summed E-state index contributed by atoms with van der Waals surface area (Å²) in [6, 6.07) is 5.60. The summed E-state index contributed by atoms with van der Waals surface area (Å²) in [5.41, 5.74) is 1.74. The maximum Gasteiger partial charge on any atom is 0.163 e. The van der Waals surface area contributed by atoms with E-state index in [1.54, 1.807) is 20.1 Å². The molecule has 5 nitrogen and oxygen atoms in total. The van der Waals surface area contributed by atoms with Crippen LogP contribution in [0, 0.1) is 10.8 Å². The van der Waals surface area contributed by atoms with Crippen molar-refractivity contribution in [2.45, 2.75) is 60.3 Å². The number of carbonyl (C=O) groups is 2. The van der Waals surface area contributed by atoms with Gasteiger partial charge in [-0.25, -0.2) is 0 Å². The summed E-state index contributed by atoms with van der Waals surface area (Å²) >= 11 is 0. The summed E-state index contributed by atoms with van der Waals surface area (Å²) in [5.74, 6) is 1.77. The Balaban J connectivity index is 0. The predicted molar refractivity (Wildman–Crippen MR) is 123 cm³/mol. The minimum Gasteiger partial charge on any atom is -0.497 e. The van der Waals surface area contributed by atoms with Crippen molar-refractivity contribution in [3.05, 3.63) is 52.5 Å². The first-order valence-corrected chi connectivity index (χ1v) is 10.0. The number of ether oxygens (including phenoxy) is 1. The highest BCUT2D eigenvalue weighted by atomic mass is 16.5. The van der Waals surface area contributed by atoms with Crippen molar-refractivity contribution >= 4 is 17.6 Å². The molecule has 0 amide bonds. The summed E-state index contributed by atoms with van der Waals surface area (Å²) in [5, 5.41) is 2.25. The number of nitroso groups, excluding NO2 is 1. The van der Waals surface area contributed by atoms with Gasteiger partial charge in [-0.3, -0.25) is 9.59 Å². The molecule has 0 fully saturated rings. The van der Waals surface area contributed by atoms with Crippen molar-refractivity contribution in [1.29, 1.82) is 0 Å². The molecule has 1 aromatic carbocycles. The quantitative estimate of drug-likeness (QED) is 0.262. The van der Waals surface area contributed by atoms with Crippen molar-refractivity contribution in [1.82, 2.24) is 0 Å². The zero-order chi connectivity index (χ0) is 22.7. The second-order valence-electron chi connectivity index (χ2n) is 6.76. The molecule has 0 unspecified atom stereocenters. The molecule has 1 aromatic rings. The Hall–Kier alpha value is -2.56. The fourth-order valence-corrected chi connectivity index (χ4v) is 2.17. The third-order valence-electron chi connectivity index (χ3n) is 3.53. The number of hydrogen-bond donors (Lipinski definition) is 0. The molecule has 0 aromatic heterocycles. The molecular formula is C24H37NO4. The van der Waals surface area contributed by atoms with E-state index >= 15 is 0 Å². The Morgan fingerprint density at radius 3 is 2.24 bits per heavy atom. The van der Waals surface area contributed by atoms with E-state index in [9.17, 15) is 9.59 Å². The Kier molecular flexibility index (Phi) is 18.6. The van der Waals surface area contributed by atoms with E-state index in [2.05, 4.69) is 32.0 Å². The molecule has 0 heterocycles. The molecule has 5 heteroatoms. The number of Topliss-reactive ketones (excluding diaryl/α,β-unsaturated/α-hetero) is 1. The van der Waals surface area contributed by atoms with Gasteiger partial charge in [0.05, 0.1) is 14.2 Å². The zero-order valence-corrected chi connectivity index (χ0v) is 19.0. The van der Waals surface area contributed by atoms with Gasteiger partial charge in [0.2, 0.25) is 0 Å². The van der Waals surface area contributed by atoms with Gasteiger partial charge in [-0.05, 0) is 61.9 Å². The van der Waals surface area contributed by atoms with Gasteiger partial charge < -0.3 is 4.74 Å². The number of allylic oxidation sites excluding steroid dienone is 3. The fraction of sp³-hybridized carbons (Fsp3) is 0.500. The lowest BCUT2D eigenvalue weighted by molar-refractivity contribution is -0.112. The number of carbonyl (C=O) groups excluding carboxylic acids is 2. The monoisotopic (exact) mass is 403 g/mol. The molecule has 29 heavy (non-hydrogen) atoms. The van der Waals surface area contributed by atoms with Gasteiger partial charge in [0.25, 0.3) is 0 Å². The number of nitrogens with zero attached hydrogens (tertiary/aromatic N) is 1. The zero-order valence-electron chi connectivity index (χ0n) is 19.0. The van der Waals surface area contributed by atoms with Gasteiger partial charge in [-0.1, -0.05) is 51.1 Å². The van der Waals surface area contributed by atoms with Crippen molar-refractivity contribution in [2.75, 3.05) is 14.2 Å². The van der Waals surface area contributed by atoms with E-state index in [1.807, 2.05) is 37.3 Å². The molecule has 1 rings (SSSR count). The number of hydrogen-bond acceptors (Lipinski definition) is 5. The van der Waals surface area contributed by atoms with Crippen LogP contribution in [-0.4, -0.2) is 25.7 Å². The molecule has 162 valence electrons. The maximum absolute atomic E-state index is 12.0. The molecule has 0 atom stereocenters. The van der Waals surface area contributed by atoms with Crippen LogP contribution < -0.4 is 4.74 Å². The summed E-state index contributed by atoms with van der Waals surface area (Å²) in [7, 11) is 2.83. The normalized spacial score (nSPS) is 10.2. The smallest absolute Gasteiger partial charge is 0.163 e. The molecule has 0 aliphatic heterocycles. The molecule has 0 aliphatic carbocycles. The SMILES string of the molecule is CC(=O)/C=C\CC(C)C.CC/C=C/c1cc(OC)ccc1C(=O)CCC.CN=O. The van der Waals surface area contributed by atoms with Crippen molar-refractivity contribution in [3.63, 3.8) is 0 Å². The largest absolute Gasteiger partial charge is 0.497 e. The number of benzene rings is 1. The predicted octanol–water partition coefficient (Wildman–Crippen LogP) is 6.66. The average molecular weight is 404 g/mol. The van der Waals surface area contributed by atoms with Gasteiger partial charge in [0, 0.05) is 12.0 Å². The van der Waals surface area contributed by atoms with Crippen LogP contribution in [0.1, 0.15) is 76.2 Å². The molecule has 0 spiro atoms. The molecule has 0 radical (unpaired) electrons. The second kappa shape index (κ2) is 18.8. The van der Waals surface area contributed by atoms with E-state index in [-0.39, 0.29) is 11.6 Å². The van der Waals surface area contributed by atoms with Crippen LogP contribution in [-0.2, 0) is 4.79 Å². The lowest BCUT2D eigenvalue weighted by atomic mass is 10.00. The molecular weight excluding hydrogens is 366 g/mol. The van der Waals surface area contributed by atoms with Crippen LogP contribution in [0.15, 0.2) is 41.6 Å². The minimum absolute atomic E-state index is 0.135. The summed E-state index contributed by atoms with van der Waals surface area (Å²) in [4.78, 5) is 30.8. The van der Waals surface area contributed by atoms with Gasteiger partial charge in [0.15, 0.2) is 11.6 Å². The van der Waals surface area contributed by atoms with Gasteiger partial charge >= 0.3 is 0 Å². The van der Waals surface area contributed by atoms with Crippen LogP contribution in [0.2, 0.25) is 0 Å². The highest BCUT2D eigenvalue weighted by Gasteiger charge is 2.09. The van der Waals surface area contributed by atoms with Gasteiger partial charge in [-0.15, -0.1) is 0 Å². The standard InChI is InChI=1S/C15H20O2.C8H14O.CH3NO/c1-4-6-8-12-11-13(17-3)9-10-14(12)15(16)7-5-2;1-7(2)5-4-6-8(3)9;1-2-3/h6,8-11H,4-5,7H2,1-3H3;4,6-7H,5H2,1-3H3;1H3/b8-6+;6-4-;. The lowest BCUT2D eigenvalue weighted by Gasteiger charge is -2.07. The average Bonchev–Trinajstić information content (AvgIpc) is 2.66. The van der Waals surface area contributed by atoms with E-state index < -0.39 is 0 Å². The van der Waals surface area contributed by atoms with Gasteiger partial charge in [-0.2, -0.15) is 4.91 Å². The molecule has 0 aliphatic rings. The van der Waals surface area contributed by atoms with Crippen molar-refractivity contribution in [2.24, 2.45) is 11.1 Å². The fourth-order valence-electron chi connectivity index (χ4n) is 2.17. The highest BCUT2D eigenvalue weighted by Crippen LogP contribution is 2.21. The summed E-state index contributed by atoms with van der Waals surface area (Å²) in [6.07, 6.45) is 11.0. The molecule has 0 saturated carbocycles. The van der Waals surface area contributed by atoms with Crippen LogP contribution in [0.5, 0.6) is 5.75 Å². The van der Waals surface area contributed by atoms with Crippen molar-refractivity contribution in [3.8, 4) is 5.75 Å². The van der Waals surface area contributed by atoms with Crippen LogP contribution in [0.25, 0.3) is 6.08 Å². The minimum atomic E-state index is 0.135. The van der Waals surface area contributed by atoms with Crippen LogP contribution >= 0.6 is 0 Å². The Labute approximate surface area is 176 Å². The van der Waals surface area contributed by atoms with Gasteiger partial charge in [0.1, 0.15) is 5.75 Å². The first kappa shape index (κ1) is 28.6. The Morgan fingerprint density at radius 1 is 1.17 bits per heavy atom. The summed E-state index contributed by atoms with van der Waals surface area (Å²) < 4.78 is 5.18. The van der Waals surface area contributed by atoms with E-state index in [0.29, 0.717) is 12.3 Å². The third-order valence-corrected chi connectivity index (χ3v) is 3.53. The van der Waals surface area contributed by atoms with E-state index in [0.717, 1.165) is 36.1 Å². The number of methoxy groups -OCH3 is 1. The maximum atomic E-state index is 12.0. The highest BCUT2D eigenvalue weighted by molar-refractivity contribution is 5.99. The van der Waals surface area contributed by atoms with Crippen molar-refractivity contribution < 1.29 is 14.3 Å². The molecule has 0 N–H and O–H groups in total. The summed E-state index contributed by atoms with van der Waals surface area (Å²) in [6.45, 7) is 9.92. The number of rotatable bonds is 9. The lowest BCUT2D eigenvalue weighted by Crippen LogP contribution is -2.01. The molecule has 0 bridgehead atoms. The van der Waals surface area contributed by atoms with Crippen LogP contribution in [0.3, 0.4) is 0 Å². The first-order chi connectivity index (χ1) is 13.8. The first-order valence-electron chi connectivity index (χ1n) is 10.0. The number of ketones is 2. The van der Waals surface area contributed by atoms with E-state index in [4.69, 9.17) is 9.64 Å². The van der Waals surface area contributed by atoms with E-state index in [1.165, 1.54) is 7.05 Å². The topological polar surface area (TPSA) is 72.8 Å². The molecule has 0 saturated heterocycles. The Morgan fingerprint density at radius 2 is 1.79 bits per heavy atom. The second-order valence-corrected chi connectivity index (χ2v) is 6.76.